The maximum absolute atomic E-state index is 13.0. The summed E-state index contributed by atoms with van der Waals surface area (Å²) in [5.74, 6) is -1.62. The minimum absolute atomic E-state index is 0.0188. The second kappa shape index (κ2) is 8.24. The van der Waals surface area contributed by atoms with Crippen molar-refractivity contribution in [1.82, 2.24) is 4.90 Å². The smallest absolute Gasteiger partial charge is 0.295 e. The first kappa shape index (κ1) is 20.6. The normalized spacial score (nSPS) is 23.3. The van der Waals surface area contributed by atoms with Gasteiger partial charge in [-0.2, -0.15) is 0 Å². The highest BCUT2D eigenvalue weighted by Gasteiger charge is 2.47. The molecule has 2 aliphatic rings. The van der Waals surface area contributed by atoms with Gasteiger partial charge in [-0.25, -0.2) is 0 Å². The van der Waals surface area contributed by atoms with E-state index in [9.17, 15) is 19.8 Å². The molecular weight excluding hydrogens is 450 g/mol. The van der Waals surface area contributed by atoms with Gasteiger partial charge in [0.05, 0.1) is 17.7 Å². The molecule has 2 saturated heterocycles. The first-order valence-corrected chi connectivity index (χ1v) is 10.6. The van der Waals surface area contributed by atoms with E-state index in [1.807, 2.05) is 6.92 Å². The molecule has 2 N–H and O–H groups in total. The van der Waals surface area contributed by atoms with E-state index >= 15 is 0 Å². The van der Waals surface area contributed by atoms with Crippen molar-refractivity contribution in [1.29, 1.82) is 0 Å². The van der Waals surface area contributed by atoms with Crippen molar-refractivity contribution in [2.75, 3.05) is 13.2 Å². The Bertz CT molecular complexity index is 1040. The van der Waals surface area contributed by atoms with E-state index in [0.717, 1.165) is 22.9 Å². The number of halogens is 1. The SMILES string of the molecule is Cc1cc(/C(O)=C2/C(=O)C(=O)N(CC3CCCO3)C2c2cccc(O)c2)ccc1Br. The number of ether oxygens (including phenoxy) is 1. The minimum Gasteiger partial charge on any atom is -0.508 e. The number of aromatic hydroxyl groups is 1. The summed E-state index contributed by atoms with van der Waals surface area (Å²) in [5, 5.41) is 21.1. The molecule has 1 amide bonds. The molecule has 30 heavy (non-hydrogen) atoms. The Morgan fingerprint density at radius 3 is 2.70 bits per heavy atom. The number of phenolic OH excluding ortho intramolecular Hbond substituents is 1. The monoisotopic (exact) mass is 471 g/mol. The summed E-state index contributed by atoms with van der Waals surface area (Å²) in [6.07, 6.45) is 1.56. The van der Waals surface area contributed by atoms with Gasteiger partial charge in [0, 0.05) is 23.2 Å². The number of hydrogen-bond donors (Lipinski definition) is 2. The largest absolute Gasteiger partial charge is 0.508 e. The van der Waals surface area contributed by atoms with Crippen molar-refractivity contribution in [3.8, 4) is 5.75 Å². The molecule has 0 bridgehead atoms. The van der Waals surface area contributed by atoms with E-state index in [1.165, 1.54) is 17.0 Å². The second-order valence-electron chi connectivity index (χ2n) is 7.65. The first-order valence-electron chi connectivity index (χ1n) is 9.82. The van der Waals surface area contributed by atoms with Gasteiger partial charge in [-0.05, 0) is 55.2 Å². The maximum Gasteiger partial charge on any atom is 0.295 e. The van der Waals surface area contributed by atoms with Crippen molar-refractivity contribution in [3.05, 3.63) is 69.2 Å². The van der Waals surface area contributed by atoms with Crippen molar-refractivity contribution in [3.63, 3.8) is 0 Å². The molecule has 0 aliphatic carbocycles. The quantitative estimate of drug-likeness (QED) is 0.398. The van der Waals surface area contributed by atoms with Gasteiger partial charge in [-0.15, -0.1) is 0 Å². The molecule has 156 valence electrons. The number of aliphatic hydroxyl groups excluding tert-OH is 1. The van der Waals surface area contributed by atoms with Crippen LogP contribution in [0.1, 0.15) is 35.6 Å². The zero-order valence-electron chi connectivity index (χ0n) is 16.5. The van der Waals surface area contributed by atoms with Crippen LogP contribution in [0.4, 0.5) is 0 Å². The summed E-state index contributed by atoms with van der Waals surface area (Å²) in [6.45, 7) is 2.76. The van der Waals surface area contributed by atoms with Crippen LogP contribution in [-0.4, -0.2) is 46.1 Å². The maximum atomic E-state index is 13.0. The Hall–Kier alpha value is -2.64. The summed E-state index contributed by atoms with van der Waals surface area (Å²) in [7, 11) is 0. The van der Waals surface area contributed by atoms with E-state index < -0.39 is 17.7 Å². The number of aliphatic hydroxyl groups is 1. The lowest BCUT2D eigenvalue weighted by atomic mass is 9.94. The number of carbonyl (C=O) groups excluding carboxylic acids is 2. The fourth-order valence-corrected chi connectivity index (χ4v) is 4.31. The fourth-order valence-electron chi connectivity index (χ4n) is 4.06. The van der Waals surface area contributed by atoms with Crippen LogP contribution in [0, 0.1) is 6.92 Å². The highest BCUT2D eigenvalue weighted by atomic mass is 79.9. The van der Waals surface area contributed by atoms with Crippen molar-refractivity contribution < 1.29 is 24.5 Å². The number of nitrogens with zero attached hydrogens (tertiary/aromatic N) is 1. The zero-order chi connectivity index (χ0) is 21.4. The van der Waals surface area contributed by atoms with Gasteiger partial charge in [-0.3, -0.25) is 9.59 Å². The molecule has 2 heterocycles. The Balaban J connectivity index is 1.84. The second-order valence-corrected chi connectivity index (χ2v) is 8.50. The fraction of sp³-hybridized carbons (Fsp3) is 0.304. The molecule has 7 heteroatoms. The number of Topliss-reactive ketones (excluding diaryl/α,β-unsaturated/α-hetero) is 1. The number of amides is 1. The van der Waals surface area contributed by atoms with E-state index in [-0.39, 0.29) is 29.7 Å². The van der Waals surface area contributed by atoms with Gasteiger partial charge in [0.1, 0.15) is 11.5 Å². The van der Waals surface area contributed by atoms with Gasteiger partial charge < -0.3 is 19.8 Å². The van der Waals surface area contributed by atoms with E-state index in [4.69, 9.17) is 4.74 Å². The third-order valence-electron chi connectivity index (χ3n) is 5.58. The average Bonchev–Trinajstić information content (AvgIpc) is 3.32. The van der Waals surface area contributed by atoms with Gasteiger partial charge in [-0.1, -0.05) is 34.1 Å². The molecule has 2 aromatic rings. The lowest BCUT2D eigenvalue weighted by Gasteiger charge is -2.27. The molecule has 0 spiro atoms. The predicted molar refractivity (Wildman–Crippen MR) is 115 cm³/mol. The molecule has 0 radical (unpaired) electrons. The number of ketones is 1. The number of benzene rings is 2. The topological polar surface area (TPSA) is 87.1 Å². The molecule has 4 rings (SSSR count). The van der Waals surface area contributed by atoms with Crippen molar-refractivity contribution in [2.24, 2.45) is 0 Å². The van der Waals surface area contributed by atoms with Crippen LogP contribution in [0.25, 0.3) is 5.76 Å². The van der Waals surface area contributed by atoms with Crippen LogP contribution in [0.3, 0.4) is 0 Å². The molecule has 0 aromatic heterocycles. The van der Waals surface area contributed by atoms with E-state index in [1.54, 1.807) is 30.3 Å². The Kier molecular flexibility index (Phi) is 5.66. The minimum atomic E-state index is -0.801. The van der Waals surface area contributed by atoms with Crippen LogP contribution in [-0.2, 0) is 14.3 Å². The molecule has 2 fully saturated rings. The van der Waals surface area contributed by atoms with Gasteiger partial charge >= 0.3 is 0 Å². The average molecular weight is 472 g/mol. The number of likely N-dealkylation sites (tertiary alicyclic amines) is 1. The lowest BCUT2D eigenvalue weighted by Crippen LogP contribution is -2.36. The number of rotatable bonds is 4. The summed E-state index contributed by atoms with van der Waals surface area (Å²) >= 11 is 3.43. The number of phenols is 1. The van der Waals surface area contributed by atoms with Crippen molar-refractivity contribution >= 4 is 33.4 Å². The summed E-state index contributed by atoms with van der Waals surface area (Å²) in [4.78, 5) is 27.4. The highest BCUT2D eigenvalue weighted by Crippen LogP contribution is 2.41. The molecular formula is C23H22BrNO5. The highest BCUT2D eigenvalue weighted by molar-refractivity contribution is 9.10. The molecule has 0 saturated carbocycles. The predicted octanol–water partition coefficient (Wildman–Crippen LogP) is 4.06. The third-order valence-corrected chi connectivity index (χ3v) is 6.47. The molecule has 2 aromatic carbocycles. The number of carbonyl (C=O) groups is 2. The Morgan fingerprint density at radius 2 is 2.03 bits per heavy atom. The summed E-state index contributed by atoms with van der Waals surface area (Å²) in [6, 6.07) is 10.9. The molecule has 6 nitrogen and oxygen atoms in total. The van der Waals surface area contributed by atoms with Crippen LogP contribution >= 0.6 is 15.9 Å². The zero-order valence-corrected chi connectivity index (χ0v) is 18.1. The first-order chi connectivity index (χ1) is 14.4. The van der Waals surface area contributed by atoms with Crippen LogP contribution in [0.2, 0.25) is 0 Å². The van der Waals surface area contributed by atoms with Crippen LogP contribution in [0.15, 0.2) is 52.5 Å². The van der Waals surface area contributed by atoms with E-state index in [2.05, 4.69) is 15.9 Å². The van der Waals surface area contributed by atoms with Gasteiger partial charge in [0.15, 0.2) is 0 Å². The number of hydrogen-bond acceptors (Lipinski definition) is 5. The molecule has 2 atom stereocenters. The standard InChI is InChI=1S/C23H22BrNO5/c1-13-10-15(7-8-18(13)24)21(27)19-20(14-4-2-5-16(26)11-14)25(23(29)22(19)28)12-17-6-3-9-30-17/h2,4-5,7-8,10-11,17,20,26-27H,3,6,9,12H2,1H3/b21-19-. The summed E-state index contributed by atoms with van der Waals surface area (Å²) in [5.41, 5.74) is 1.92. The lowest BCUT2D eigenvalue weighted by molar-refractivity contribution is -0.140. The Morgan fingerprint density at radius 1 is 1.23 bits per heavy atom. The Labute approximate surface area is 182 Å². The van der Waals surface area contributed by atoms with Crippen molar-refractivity contribution in [2.45, 2.75) is 31.9 Å². The van der Waals surface area contributed by atoms with Crippen LogP contribution in [0.5, 0.6) is 5.75 Å². The van der Waals surface area contributed by atoms with E-state index in [0.29, 0.717) is 17.7 Å². The molecule has 2 unspecified atom stereocenters. The number of aryl methyl sites for hydroxylation is 1. The summed E-state index contributed by atoms with van der Waals surface area (Å²) < 4.78 is 6.55. The van der Waals surface area contributed by atoms with Crippen LogP contribution < -0.4 is 0 Å². The molecule has 2 aliphatic heterocycles. The third kappa shape index (κ3) is 3.75. The van der Waals surface area contributed by atoms with Gasteiger partial charge in [0.2, 0.25) is 0 Å². The van der Waals surface area contributed by atoms with Gasteiger partial charge in [0.25, 0.3) is 11.7 Å².